The van der Waals surface area contributed by atoms with E-state index in [1.54, 1.807) is 0 Å². The minimum absolute atomic E-state index is 0.0804. The van der Waals surface area contributed by atoms with E-state index in [9.17, 15) is 4.79 Å². The lowest BCUT2D eigenvalue weighted by Gasteiger charge is -2.30. The molecule has 0 amide bonds. The third-order valence-corrected chi connectivity index (χ3v) is 4.49. The van der Waals surface area contributed by atoms with Crippen LogP contribution in [-0.2, 0) is 9.53 Å². The average Bonchev–Trinajstić information content (AvgIpc) is 2.65. The van der Waals surface area contributed by atoms with E-state index in [1.807, 2.05) is 0 Å². The molecule has 0 radical (unpaired) electrons. The Kier molecular flexibility index (Phi) is 1.07. The lowest BCUT2D eigenvalue weighted by atomic mass is 9.69. The second-order valence-electron chi connectivity index (χ2n) is 4.76. The van der Waals surface area contributed by atoms with Crippen LogP contribution in [0, 0.1) is 23.2 Å². The number of rotatable bonds is 0. The van der Waals surface area contributed by atoms with Crippen molar-refractivity contribution in [2.75, 3.05) is 6.61 Å². The summed E-state index contributed by atoms with van der Waals surface area (Å²) in [7, 11) is 0. The minimum Gasteiger partial charge on any atom is -0.465 e. The van der Waals surface area contributed by atoms with Crippen LogP contribution in [0.5, 0.6) is 0 Å². The first-order chi connectivity index (χ1) is 5.73. The smallest absolute Gasteiger partial charge is 0.312 e. The molecule has 12 heavy (non-hydrogen) atoms. The topological polar surface area (TPSA) is 26.3 Å². The van der Waals surface area contributed by atoms with Gasteiger partial charge in [0.05, 0.1) is 12.0 Å². The van der Waals surface area contributed by atoms with Gasteiger partial charge in [-0.3, -0.25) is 4.79 Å². The third kappa shape index (κ3) is 0.540. The lowest BCUT2D eigenvalue weighted by Crippen LogP contribution is -2.35. The van der Waals surface area contributed by atoms with Crippen LogP contribution in [0.4, 0.5) is 0 Å². The van der Waals surface area contributed by atoms with Gasteiger partial charge in [0.25, 0.3) is 0 Å². The summed E-state index contributed by atoms with van der Waals surface area (Å²) in [6.45, 7) is 2.83. The molecule has 0 N–H and O–H groups in total. The molecule has 1 saturated heterocycles. The van der Waals surface area contributed by atoms with Crippen LogP contribution in [0.3, 0.4) is 0 Å². The Morgan fingerprint density at radius 3 is 3.08 bits per heavy atom. The van der Waals surface area contributed by atoms with E-state index in [2.05, 4.69) is 6.92 Å². The highest BCUT2D eigenvalue weighted by atomic mass is 16.5. The number of ether oxygens (including phenoxy) is 1. The SMILES string of the molecule is C[C@]12C(=O)OC[C@@H]1[C@H]1CC[C@H]2C1. The number of cyclic esters (lactones) is 1. The fourth-order valence-corrected chi connectivity index (χ4v) is 3.67. The van der Waals surface area contributed by atoms with E-state index in [4.69, 9.17) is 4.74 Å². The zero-order valence-corrected chi connectivity index (χ0v) is 7.38. The highest BCUT2D eigenvalue weighted by Gasteiger charge is 2.63. The molecule has 3 aliphatic rings. The van der Waals surface area contributed by atoms with Crippen LogP contribution in [0.15, 0.2) is 0 Å². The van der Waals surface area contributed by atoms with E-state index in [-0.39, 0.29) is 11.4 Å². The molecule has 3 fully saturated rings. The van der Waals surface area contributed by atoms with E-state index in [0.29, 0.717) is 18.4 Å². The maximum atomic E-state index is 11.5. The molecule has 2 bridgehead atoms. The third-order valence-electron chi connectivity index (χ3n) is 4.49. The fraction of sp³-hybridized carbons (Fsp3) is 0.900. The molecule has 2 saturated carbocycles. The Balaban J connectivity index is 2.06. The van der Waals surface area contributed by atoms with Gasteiger partial charge in [-0.15, -0.1) is 0 Å². The van der Waals surface area contributed by atoms with Gasteiger partial charge in [0.15, 0.2) is 0 Å². The maximum Gasteiger partial charge on any atom is 0.312 e. The van der Waals surface area contributed by atoms with Crippen molar-refractivity contribution in [1.29, 1.82) is 0 Å². The highest BCUT2D eigenvalue weighted by Crippen LogP contribution is 2.62. The second kappa shape index (κ2) is 1.86. The van der Waals surface area contributed by atoms with Gasteiger partial charge < -0.3 is 4.74 Å². The maximum absolute atomic E-state index is 11.5. The van der Waals surface area contributed by atoms with Crippen LogP contribution < -0.4 is 0 Å². The van der Waals surface area contributed by atoms with Crippen LogP contribution >= 0.6 is 0 Å². The molecule has 0 spiro atoms. The Bertz CT molecular complexity index is 248. The molecule has 2 nitrogen and oxygen atoms in total. The summed E-state index contributed by atoms with van der Waals surface area (Å²) in [5, 5.41) is 0. The Morgan fingerprint density at radius 1 is 1.50 bits per heavy atom. The van der Waals surface area contributed by atoms with Gasteiger partial charge in [0, 0.05) is 5.92 Å². The summed E-state index contributed by atoms with van der Waals surface area (Å²) in [6, 6.07) is 0. The van der Waals surface area contributed by atoms with Crippen molar-refractivity contribution in [2.45, 2.75) is 26.2 Å². The Labute approximate surface area is 72.3 Å². The Morgan fingerprint density at radius 2 is 2.33 bits per heavy atom. The summed E-state index contributed by atoms with van der Waals surface area (Å²) in [4.78, 5) is 11.5. The van der Waals surface area contributed by atoms with E-state index in [0.717, 1.165) is 5.92 Å². The van der Waals surface area contributed by atoms with Crippen molar-refractivity contribution in [3.63, 3.8) is 0 Å². The highest BCUT2D eigenvalue weighted by molar-refractivity contribution is 5.80. The minimum atomic E-state index is -0.0804. The average molecular weight is 166 g/mol. The zero-order chi connectivity index (χ0) is 8.34. The molecule has 1 heterocycles. The number of carbonyl (C=O) groups excluding carboxylic acids is 1. The predicted molar refractivity (Wildman–Crippen MR) is 43.4 cm³/mol. The van der Waals surface area contributed by atoms with Crippen LogP contribution in [-0.4, -0.2) is 12.6 Å². The van der Waals surface area contributed by atoms with Crippen molar-refractivity contribution in [3.8, 4) is 0 Å². The van der Waals surface area contributed by atoms with Crippen LogP contribution in [0.25, 0.3) is 0 Å². The monoisotopic (exact) mass is 166 g/mol. The molecule has 0 aromatic heterocycles. The number of carbonyl (C=O) groups is 1. The van der Waals surface area contributed by atoms with Gasteiger partial charge in [-0.2, -0.15) is 0 Å². The van der Waals surface area contributed by atoms with Crippen molar-refractivity contribution in [2.24, 2.45) is 23.2 Å². The van der Waals surface area contributed by atoms with Crippen LogP contribution in [0.2, 0.25) is 0 Å². The predicted octanol–water partition coefficient (Wildman–Crippen LogP) is 1.60. The quantitative estimate of drug-likeness (QED) is 0.511. The first-order valence-electron chi connectivity index (χ1n) is 4.90. The van der Waals surface area contributed by atoms with Gasteiger partial charge >= 0.3 is 5.97 Å². The second-order valence-corrected chi connectivity index (χ2v) is 4.76. The normalized spacial score (nSPS) is 55.8. The summed E-state index contributed by atoms with van der Waals surface area (Å²) in [6.07, 6.45) is 3.88. The summed E-state index contributed by atoms with van der Waals surface area (Å²) in [5.41, 5.74) is -0.0804. The lowest BCUT2D eigenvalue weighted by molar-refractivity contribution is -0.147. The van der Waals surface area contributed by atoms with Crippen molar-refractivity contribution >= 4 is 5.97 Å². The van der Waals surface area contributed by atoms with Gasteiger partial charge in [-0.25, -0.2) is 0 Å². The largest absolute Gasteiger partial charge is 0.465 e. The van der Waals surface area contributed by atoms with Gasteiger partial charge in [0.1, 0.15) is 0 Å². The summed E-state index contributed by atoms with van der Waals surface area (Å²) in [5.74, 6) is 2.08. The summed E-state index contributed by atoms with van der Waals surface area (Å²) >= 11 is 0. The fourth-order valence-electron chi connectivity index (χ4n) is 3.67. The van der Waals surface area contributed by atoms with E-state index >= 15 is 0 Å². The van der Waals surface area contributed by atoms with Crippen molar-refractivity contribution < 1.29 is 9.53 Å². The zero-order valence-electron chi connectivity index (χ0n) is 7.38. The van der Waals surface area contributed by atoms with Crippen molar-refractivity contribution in [1.82, 2.24) is 0 Å². The van der Waals surface area contributed by atoms with E-state index < -0.39 is 0 Å². The number of hydrogen-bond acceptors (Lipinski definition) is 2. The first kappa shape index (κ1) is 6.93. The first-order valence-corrected chi connectivity index (χ1v) is 4.90. The number of esters is 1. The molecule has 2 heteroatoms. The Hall–Kier alpha value is -0.530. The standard InChI is InChI=1S/C10H14O2/c1-10-7-3-2-6(4-7)8(10)5-12-9(10)11/h6-8H,2-5H2,1H3/t6-,7-,8+,10+/m0/s1. The van der Waals surface area contributed by atoms with Gasteiger partial charge in [0.2, 0.25) is 0 Å². The van der Waals surface area contributed by atoms with Gasteiger partial charge in [-0.1, -0.05) is 0 Å². The molecule has 0 aromatic rings. The molecule has 1 aliphatic heterocycles. The molecule has 0 unspecified atom stereocenters. The molecule has 3 rings (SSSR count). The molecule has 2 aliphatic carbocycles. The van der Waals surface area contributed by atoms with Crippen molar-refractivity contribution in [3.05, 3.63) is 0 Å². The van der Waals surface area contributed by atoms with Gasteiger partial charge in [-0.05, 0) is 38.0 Å². The summed E-state index contributed by atoms with van der Waals surface area (Å²) < 4.78 is 5.16. The molecule has 0 aromatic carbocycles. The van der Waals surface area contributed by atoms with Crippen LogP contribution in [0.1, 0.15) is 26.2 Å². The molecular formula is C10H14O2. The molecular weight excluding hydrogens is 152 g/mol. The number of hydrogen-bond donors (Lipinski definition) is 0. The number of fused-ring (bicyclic) bond motifs is 5. The molecule has 4 atom stereocenters. The molecule has 66 valence electrons. The van der Waals surface area contributed by atoms with E-state index in [1.165, 1.54) is 19.3 Å².